The Labute approximate surface area is 181 Å². The molecule has 0 amide bonds. The summed E-state index contributed by atoms with van der Waals surface area (Å²) < 4.78 is 16.5. The fraction of sp³-hybridized carbons (Fsp3) is 0.500. The number of hydrogen-bond acceptors (Lipinski definition) is 4. The first-order valence-corrected chi connectivity index (χ1v) is 10.6. The van der Waals surface area contributed by atoms with Gasteiger partial charge in [0.2, 0.25) is 0 Å². The monoisotopic (exact) mass is 412 g/mol. The van der Waals surface area contributed by atoms with Gasteiger partial charge in [-0.2, -0.15) is 0 Å². The maximum atomic E-state index is 12.4. The van der Waals surface area contributed by atoms with E-state index in [0.29, 0.717) is 17.9 Å². The summed E-state index contributed by atoms with van der Waals surface area (Å²) in [6.07, 6.45) is 2.02. The van der Waals surface area contributed by atoms with E-state index in [9.17, 15) is 4.79 Å². The second-order valence-corrected chi connectivity index (χ2v) is 9.04. The van der Waals surface area contributed by atoms with E-state index in [4.69, 9.17) is 14.2 Å². The maximum absolute atomic E-state index is 12.4. The number of hydrogen-bond donors (Lipinski definition) is 0. The lowest BCUT2D eigenvalue weighted by molar-refractivity contribution is 0.0597. The molecule has 0 fully saturated rings. The Balaban J connectivity index is 2.58. The van der Waals surface area contributed by atoms with E-state index < -0.39 is 5.97 Å². The van der Waals surface area contributed by atoms with Crippen molar-refractivity contribution in [1.82, 2.24) is 0 Å². The molecule has 0 bridgehead atoms. The number of benzene rings is 2. The van der Waals surface area contributed by atoms with Crippen LogP contribution in [-0.4, -0.2) is 20.2 Å². The van der Waals surface area contributed by atoms with E-state index in [0.717, 1.165) is 29.7 Å². The Kier molecular flexibility index (Phi) is 7.70. The lowest BCUT2D eigenvalue weighted by atomic mass is 9.76. The van der Waals surface area contributed by atoms with E-state index in [1.807, 2.05) is 18.2 Å². The molecule has 2 rings (SSSR count). The summed E-state index contributed by atoms with van der Waals surface area (Å²) in [6.45, 7) is 13.8. The van der Waals surface area contributed by atoms with E-state index in [1.165, 1.54) is 12.7 Å². The Morgan fingerprint density at radius 1 is 0.867 bits per heavy atom. The van der Waals surface area contributed by atoms with Crippen LogP contribution in [0.3, 0.4) is 0 Å². The molecule has 0 heterocycles. The average molecular weight is 413 g/mol. The zero-order valence-electron chi connectivity index (χ0n) is 19.7. The maximum Gasteiger partial charge on any atom is 0.341 e. The van der Waals surface area contributed by atoms with Crippen LogP contribution < -0.4 is 4.74 Å². The molecule has 0 spiro atoms. The van der Waals surface area contributed by atoms with Crippen molar-refractivity contribution in [2.45, 2.75) is 71.8 Å². The summed E-state index contributed by atoms with van der Waals surface area (Å²) in [6, 6.07) is 11.9. The molecule has 0 saturated heterocycles. The highest BCUT2D eigenvalue weighted by Gasteiger charge is 2.27. The summed E-state index contributed by atoms with van der Waals surface area (Å²) in [7, 11) is 3.00. The standard InChI is InChI=1S/C26H36O4/c1-9-25(3,4)19-12-14-23(21(16-19)26(5,6)10-2)30-22-13-11-18(17-28-7)15-20(22)24(27)29-8/h11-16H,9-10,17H2,1-8H3. The van der Waals surface area contributed by atoms with Crippen LogP contribution in [0, 0.1) is 0 Å². The zero-order valence-corrected chi connectivity index (χ0v) is 19.7. The normalized spacial score (nSPS) is 12.0. The molecular formula is C26H36O4. The molecule has 0 N–H and O–H groups in total. The molecular weight excluding hydrogens is 376 g/mol. The van der Waals surface area contributed by atoms with Gasteiger partial charge in [-0.1, -0.05) is 59.7 Å². The van der Waals surface area contributed by atoms with Crippen LogP contribution in [0.4, 0.5) is 0 Å². The summed E-state index contributed by atoms with van der Waals surface area (Å²) in [5.74, 6) is 0.822. The van der Waals surface area contributed by atoms with Crippen LogP contribution >= 0.6 is 0 Å². The first-order chi connectivity index (χ1) is 14.1. The summed E-state index contributed by atoms with van der Waals surface area (Å²) in [5, 5.41) is 0. The van der Waals surface area contributed by atoms with Gasteiger partial charge >= 0.3 is 5.97 Å². The summed E-state index contributed by atoms with van der Waals surface area (Å²) in [5.41, 5.74) is 3.72. The van der Waals surface area contributed by atoms with E-state index in [2.05, 4.69) is 53.7 Å². The minimum atomic E-state index is -0.428. The Hall–Kier alpha value is -2.33. The molecule has 0 aromatic heterocycles. The minimum absolute atomic E-state index is 0.0728. The number of ether oxygens (including phenoxy) is 3. The molecule has 0 saturated carbocycles. The molecule has 0 unspecified atom stereocenters. The van der Waals surface area contributed by atoms with Crippen LogP contribution in [0.1, 0.15) is 81.4 Å². The molecule has 0 aliphatic heterocycles. The van der Waals surface area contributed by atoms with Crippen LogP contribution in [0.25, 0.3) is 0 Å². The smallest absolute Gasteiger partial charge is 0.341 e. The van der Waals surface area contributed by atoms with Crippen molar-refractivity contribution < 1.29 is 19.0 Å². The quantitative estimate of drug-likeness (QED) is 0.426. The van der Waals surface area contributed by atoms with Gasteiger partial charge in [0, 0.05) is 12.7 Å². The SMILES string of the molecule is CCC(C)(C)c1ccc(Oc2ccc(COC)cc2C(=O)OC)c(C(C)(C)CC)c1. The first kappa shape index (κ1) is 23.9. The second kappa shape index (κ2) is 9.65. The number of esters is 1. The van der Waals surface area contributed by atoms with Crippen molar-refractivity contribution in [1.29, 1.82) is 0 Å². The van der Waals surface area contributed by atoms with Gasteiger partial charge in [0.25, 0.3) is 0 Å². The topological polar surface area (TPSA) is 44.8 Å². The molecule has 4 nitrogen and oxygen atoms in total. The lowest BCUT2D eigenvalue weighted by Crippen LogP contribution is -2.21. The zero-order chi connectivity index (χ0) is 22.5. The molecule has 164 valence electrons. The Morgan fingerprint density at radius 3 is 2.07 bits per heavy atom. The van der Waals surface area contributed by atoms with E-state index in [-0.39, 0.29) is 10.8 Å². The third-order valence-corrected chi connectivity index (χ3v) is 6.24. The fourth-order valence-corrected chi connectivity index (χ4v) is 3.27. The minimum Gasteiger partial charge on any atom is -0.465 e. The second-order valence-electron chi connectivity index (χ2n) is 9.04. The third kappa shape index (κ3) is 5.23. The van der Waals surface area contributed by atoms with Crippen LogP contribution in [-0.2, 0) is 26.9 Å². The van der Waals surface area contributed by atoms with Gasteiger partial charge in [-0.25, -0.2) is 4.79 Å². The number of carbonyl (C=O) groups excluding carboxylic acids is 1. The van der Waals surface area contributed by atoms with Crippen molar-refractivity contribution in [2.75, 3.05) is 14.2 Å². The van der Waals surface area contributed by atoms with Crippen LogP contribution in [0.15, 0.2) is 36.4 Å². The highest BCUT2D eigenvalue weighted by molar-refractivity contribution is 5.92. The third-order valence-electron chi connectivity index (χ3n) is 6.24. The van der Waals surface area contributed by atoms with Gasteiger partial charge in [0.1, 0.15) is 17.1 Å². The average Bonchev–Trinajstić information content (AvgIpc) is 2.74. The summed E-state index contributed by atoms with van der Waals surface area (Å²) in [4.78, 5) is 12.4. The molecule has 2 aromatic rings. The Morgan fingerprint density at radius 2 is 1.50 bits per heavy atom. The predicted molar refractivity (Wildman–Crippen MR) is 122 cm³/mol. The summed E-state index contributed by atoms with van der Waals surface area (Å²) >= 11 is 0. The van der Waals surface area contributed by atoms with Gasteiger partial charge in [0.15, 0.2) is 0 Å². The molecule has 0 aliphatic rings. The predicted octanol–water partition coefficient (Wildman–Crippen LogP) is 6.79. The fourth-order valence-electron chi connectivity index (χ4n) is 3.27. The molecule has 0 radical (unpaired) electrons. The molecule has 2 aromatic carbocycles. The highest BCUT2D eigenvalue weighted by atomic mass is 16.5. The molecule has 0 atom stereocenters. The largest absolute Gasteiger partial charge is 0.465 e. The van der Waals surface area contributed by atoms with Crippen molar-refractivity contribution in [2.24, 2.45) is 0 Å². The van der Waals surface area contributed by atoms with Gasteiger partial charge in [0.05, 0.1) is 13.7 Å². The Bertz CT molecular complexity index is 881. The van der Waals surface area contributed by atoms with Crippen molar-refractivity contribution in [3.63, 3.8) is 0 Å². The number of carbonyl (C=O) groups is 1. The lowest BCUT2D eigenvalue weighted by Gasteiger charge is -2.30. The van der Waals surface area contributed by atoms with Gasteiger partial charge in [-0.3, -0.25) is 0 Å². The van der Waals surface area contributed by atoms with Crippen molar-refractivity contribution in [3.05, 3.63) is 58.7 Å². The van der Waals surface area contributed by atoms with Gasteiger partial charge in [-0.05, 0) is 53.0 Å². The van der Waals surface area contributed by atoms with Gasteiger partial charge in [-0.15, -0.1) is 0 Å². The van der Waals surface area contributed by atoms with Crippen molar-refractivity contribution in [3.8, 4) is 11.5 Å². The van der Waals surface area contributed by atoms with Gasteiger partial charge < -0.3 is 14.2 Å². The first-order valence-electron chi connectivity index (χ1n) is 10.6. The molecule has 0 aliphatic carbocycles. The number of rotatable bonds is 9. The van der Waals surface area contributed by atoms with Crippen molar-refractivity contribution >= 4 is 5.97 Å². The molecule has 4 heteroatoms. The van der Waals surface area contributed by atoms with E-state index in [1.54, 1.807) is 13.2 Å². The molecule has 30 heavy (non-hydrogen) atoms. The van der Waals surface area contributed by atoms with Crippen LogP contribution in [0.2, 0.25) is 0 Å². The highest BCUT2D eigenvalue weighted by Crippen LogP contribution is 2.40. The van der Waals surface area contributed by atoms with Crippen LogP contribution in [0.5, 0.6) is 11.5 Å². The van der Waals surface area contributed by atoms with E-state index >= 15 is 0 Å². The number of methoxy groups -OCH3 is 2.